The maximum atomic E-state index is 12.7. The van der Waals surface area contributed by atoms with Gasteiger partial charge in [0.1, 0.15) is 5.76 Å². The lowest BCUT2D eigenvalue weighted by Gasteiger charge is -2.15. The van der Waals surface area contributed by atoms with E-state index in [1.165, 1.54) is 12.1 Å². The van der Waals surface area contributed by atoms with E-state index in [9.17, 15) is 22.8 Å². The molecule has 2 aromatic rings. The van der Waals surface area contributed by atoms with Gasteiger partial charge in [-0.15, -0.1) is 0 Å². The fourth-order valence-electron chi connectivity index (χ4n) is 1.97. The van der Waals surface area contributed by atoms with Crippen LogP contribution in [-0.2, 0) is 15.7 Å². The molecule has 1 aromatic carbocycles. The Hall–Kier alpha value is -2.84. The molecule has 0 aliphatic rings. The summed E-state index contributed by atoms with van der Waals surface area (Å²) in [5.74, 6) is -1.05. The zero-order valence-electron chi connectivity index (χ0n) is 13.4. The van der Waals surface area contributed by atoms with Gasteiger partial charge in [-0.2, -0.15) is 13.2 Å². The molecule has 1 heterocycles. The highest BCUT2D eigenvalue weighted by Crippen LogP contribution is 2.29. The van der Waals surface area contributed by atoms with Crippen LogP contribution in [0.5, 0.6) is 0 Å². The van der Waals surface area contributed by atoms with Crippen LogP contribution < -0.4 is 5.32 Å². The molecule has 6 nitrogen and oxygen atoms in total. The Kier molecular flexibility index (Phi) is 5.45. The number of amides is 1. The zero-order valence-corrected chi connectivity index (χ0v) is 13.4. The largest absolute Gasteiger partial charge is 0.449 e. The number of hydrogen-bond acceptors (Lipinski definition) is 5. The summed E-state index contributed by atoms with van der Waals surface area (Å²) >= 11 is 0. The standard InChI is InChI=1S/C16H15F3N2O4/c1-3-12(14(22)20-13-7-9(2)25-21-13)24-15(23)10-5-4-6-11(8-10)16(17,18)19/h4-8,12H,3H2,1-2H3,(H,20,21,22)/t12-/m1/s1. The molecule has 0 aliphatic heterocycles. The maximum Gasteiger partial charge on any atom is 0.416 e. The topological polar surface area (TPSA) is 81.4 Å². The van der Waals surface area contributed by atoms with Crippen molar-refractivity contribution in [2.75, 3.05) is 5.32 Å². The molecule has 0 saturated carbocycles. The van der Waals surface area contributed by atoms with E-state index in [0.29, 0.717) is 11.8 Å². The molecule has 0 spiro atoms. The smallest absolute Gasteiger partial charge is 0.416 e. The Bertz CT molecular complexity index is 771. The lowest BCUT2D eigenvalue weighted by molar-refractivity contribution is -0.137. The number of aromatic nitrogens is 1. The highest BCUT2D eigenvalue weighted by molar-refractivity contribution is 5.97. The predicted octanol–water partition coefficient (Wildman–Crippen LogP) is 3.58. The van der Waals surface area contributed by atoms with Crippen LogP contribution in [0.25, 0.3) is 0 Å². The van der Waals surface area contributed by atoms with Crippen LogP contribution in [-0.4, -0.2) is 23.1 Å². The first-order chi connectivity index (χ1) is 11.7. The highest BCUT2D eigenvalue weighted by Gasteiger charge is 2.31. The summed E-state index contributed by atoms with van der Waals surface area (Å²) in [5, 5.41) is 5.98. The van der Waals surface area contributed by atoms with E-state index < -0.39 is 29.7 Å². The van der Waals surface area contributed by atoms with Crippen LogP contribution in [0.2, 0.25) is 0 Å². The van der Waals surface area contributed by atoms with E-state index in [1.54, 1.807) is 13.8 Å². The lowest BCUT2D eigenvalue weighted by Crippen LogP contribution is -2.32. The molecule has 25 heavy (non-hydrogen) atoms. The van der Waals surface area contributed by atoms with Gasteiger partial charge in [-0.05, 0) is 31.5 Å². The van der Waals surface area contributed by atoms with Gasteiger partial charge in [0.2, 0.25) is 0 Å². The Labute approximate surface area is 140 Å². The average molecular weight is 356 g/mol. The molecule has 0 bridgehead atoms. The van der Waals surface area contributed by atoms with Gasteiger partial charge in [0.25, 0.3) is 5.91 Å². The second-order valence-corrected chi connectivity index (χ2v) is 5.19. The minimum Gasteiger partial charge on any atom is -0.449 e. The van der Waals surface area contributed by atoms with Crippen LogP contribution in [0.3, 0.4) is 0 Å². The Morgan fingerprint density at radius 3 is 2.60 bits per heavy atom. The third-order valence-electron chi connectivity index (χ3n) is 3.22. The minimum atomic E-state index is -4.58. The van der Waals surface area contributed by atoms with E-state index in [2.05, 4.69) is 10.5 Å². The van der Waals surface area contributed by atoms with Gasteiger partial charge in [-0.25, -0.2) is 4.79 Å². The molecule has 9 heteroatoms. The van der Waals surface area contributed by atoms with Crippen molar-refractivity contribution in [3.05, 3.63) is 47.2 Å². The van der Waals surface area contributed by atoms with Crippen LogP contribution >= 0.6 is 0 Å². The molecule has 134 valence electrons. The summed E-state index contributed by atoms with van der Waals surface area (Å²) in [4.78, 5) is 24.1. The molecule has 1 aromatic heterocycles. The average Bonchev–Trinajstić information content (AvgIpc) is 2.96. The normalized spacial score (nSPS) is 12.5. The second kappa shape index (κ2) is 7.37. The summed E-state index contributed by atoms with van der Waals surface area (Å²) in [6, 6.07) is 5.27. The molecule has 0 saturated heterocycles. The van der Waals surface area contributed by atoms with E-state index in [4.69, 9.17) is 9.26 Å². The van der Waals surface area contributed by atoms with Crippen molar-refractivity contribution >= 4 is 17.7 Å². The summed E-state index contributed by atoms with van der Waals surface area (Å²) < 4.78 is 47.9. The maximum absolute atomic E-state index is 12.7. The molecular formula is C16H15F3N2O4. The molecular weight excluding hydrogens is 341 g/mol. The third-order valence-corrected chi connectivity index (χ3v) is 3.22. The molecule has 0 fully saturated rings. The van der Waals surface area contributed by atoms with Crippen molar-refractivity contribution in [3.8, 4) is 0 Å². The number of rotatable bonds is 5. The van der Waals surface area contributed by atoms with Crippen molar-refractivity contribution < 1.29 is 32.0 Å². The number of hydrogen-bond donors (Lipinski definition) is 1. The third kappa shape index (κ3) is 4.82. The number of anilines is 1. The van der Waals surface area contributed by atoms with Gasteiger partial charge in [-0.1, -0.05) is 18.1 Å². The van der Waals surface area contributed by atoms with Crippen LogP contribution in [0.1, 0.15) is 35.0 Å². The summed E-state index contributed by atoms with van der Waals surface area (Å²) in [6.07, 6.45) is -5.63. The predicted molar refractivity (Wildman–Crippen MR) is 80.8 cm³/mol. The number of carbonyl (C=O) groups excluding carboxylic acids is 2. The van der Waals surface area contributed by atoms with Gasteiger partial charge < -0.3 is 14.6 Å². The first-order valence-corrected chi connectivity index (χ1v) is 7.33. The molecule has 2 rings (SSSR count). The number of carbonyl (C=O) groups is 2. The van der Waals surface area contributed by atoms with Gasteiger partial charge in [-0.3, -0.25) is 4.79 Å². The molecule has 1 atom stereocenters. The van der Waals surface area contributed by atoms with Crippen LogP contribution in [0.15, 0.2) is 34.9 Å². The Morgan fingerprint density at radius 1 is 1.32 bits per heavy atom. The molecule has 0 unspecified atom stereocenters. The van der Waals surface area contributed by atoms with Crippen molar-refractivity contribution in [2.24, 2.45) is 0 Å². The van der Waals surface area contributed by atoms with Gasteiger partial charge in [0.15, 0.2) is 11.9 Å². The number of alkyl halides is 3. The Morgan fingerprint density at radius 2 is 2.04 bits per heavy atom. The monoisotopic (exact) mass is 356 g/mol. The Balaban J connectivity index is 2.08. The number of benzene rings is 1. The fourth-order valence-corrected chi connectivity index (χ4v) is 1.97. The van der Waals surface area contributed by atoms with Crippen LogP contribution in [0, 0.1) is 6.92 Å². The number of aryl methyl sites for hydroxylation is 1. The molecule has 1 amide bonds. The van der Waals surface area contributed by atoms with Crippen molar-refractivity contribution in [2.45, 2.75) is 32.5 Å². The van der Waals surface area contributed by atoms with E-state index in [1.807, 2.05) is 0 Å². The van der Waals surface area contributed by atoms with Gasteiger partial charge >= 0.3 is 12.1 Å². The van der Waals surface area contributed by atoms with Crippen molar-refractivity contribution in [1.82, 2.24) is 5.16 Å². The number of halogens is 3. The first kappa shape index (κ1) is 18.5. The van der Waals surface area contributed by atoms with Crippen LogP contribution in [0.4, 0.5) is 19.0 Å². The lowest BCUT2D eigenvalue weighted by atomic mass is 10.1. The van der Waals surface area contributed by atoms with E-state index >= 15 is 0 Å². The quantitative estimate of drug-likeness (QED) is 0.828. The second-order valence-electron chi connectivity index (χ2n) is 5.19. The molecule has 0 aliphatic carbocycles. The first-order valence-electron chi connectivity index (χ1n) is 7.33. The zero-order chi connectivity index (χ0) is 18.6. The van der Waals surface area contributed by atoms with Crippen molar-refractivity contribution in [3.63, 3.8) is 0 Å². The van der Waals surface area contributed by atoms with Gasteiger partial charge in [0, 0.05) is 6.07 Å². The summed E-state index contributed by atoms with van der Waals surface area (Å²) in [6.45, 7) is 3.23. The fraction of sp³-hybridized carbons (Fsp3) is 0.312. The number of nitrogens with zero attached hydrogens (tertiary/aromatic N) is 1. The SMILES string of the molecule is CC[C@@H](OC(=O)c1cccc(C(F)(F)F)c1)C(=O)Nc1cc(C)on1. The van der Waals surface area contributed by atoms with E-state index in [-0.39, 0.29) is 17.8 Å². The molecule has 0 radical (unpaired) electrons. The van der Waals surface area contributed by atoms with E-state index in [0.717, 1.165) is 12.1 Å². The highest BCUT2D eigenvalue weighted by atomic mass is 19.4. The van der Waals surface area contributed by atoms with Crippen molar-refractivity contribution in [1.29, 1.82) is 0 Å². The number of esters is 1. The number of ether oxygens (including phenoxy) is 1. The summed E-state index contributed by atoms with van der Waals surface area (Å²) in [7, 11) is 0. The number of nitrogens with one attached hydrogen (secondary N) is 1. The van der Waals surface area contributed by atoms with Gasteiger partial charge in [0.05, 0.1) is 11.1 Å². The summed E-state index contributed by atoms with van der Waals surface area (Å²) in [5.41, 5.74) is -1.27. The minimum absolute atomic E-state index is 0.132. The molecule has 1 N–H and O–H groups in total.